The topological polar surface area (TPSA) is 72.6 Å². The summed E-state index contributed by atoms with van der Waals surface area (Å²) in [6.07, 6.45) is 5.32. The predicted octanol–water partition coefficient (Wildman–Crippen LogP) is 5.30. The Morgan fingerprint density at radius 1 is 1.03 bits per heavy atom. The molecule has 0 radical (unpaired) electrons. The van der Waals surface area contributed by atoms with Gasteiger partial charge in [-0.15, -0.1) is 0 Å². The number of thiocarbonyl (C=S) groups is 1. The first-order chi connectivity index (χ1) is 18.8. The lowest BCUT2D eigenvalue weighted by atomic mass is 10.0. The second-order valence-electron chi connectivity index (χ2n) is 9.80. The molecule has 2 aliphatic rings. The molecule has 3 heterocycles. The number of hydrogen-bond donors (Lipinski definition) is 0. The van der Waals surface area contributed by atoms with E-state index >= 15 is 0 Å². The van der Waals surface area contributed by atoms with Crippen LogP contribution in [0, 0.1) is 24.1 Å². The van der Waals surface area contributed by atoms with Crippen LogP contribution >= 0.6 is 24.0 Å². The summed E-state index contributed by atoms with van der Waals surface area (Å²) in [5, 5.41) is 9.92. The van der Waals surface area contributed by atoms with Gasteiger partial charge in [-0.05, 0) is 55.7 Å². The van der Waals surface area contributed by atoms with Crippen molar-refractivity contribution in [2.45, 2.75) is 53.0 Å². The van der Waals surface area contributed by atoms with Crippen LogP contribution in [0.2, 0.25) is 0 Å². The number of halogens is 1. The van der Waals surface area contributed by atoms with Crippen LogP contribution < -0.4 is 15.4 Å². The summed E-state index contributed by atoms with van der Waals surface area (Å²) in [5.74, 6) is 0.340. The smallest absolute Gasteiger partial charge is 0.270 e. The van der Waals surface area contributed by atoms with E-state index in [9.17, 15) is 19.2 Å². The van der Waals surface area contributed by atoms with E-state index in [1.807, 2.05) is 6.08 Å². The molecule has 0 atom stereocenters. The van der Waals surface area contributed by atoms with Crippen LogP contribution in [0.5, 0.6) is 0 Å². The summed E-state index contributed by atoms with van der Waals surface area (Å²) in [5.41, 5.74) is 2.05. The third kappa shape index (κ3) is 6.04. The number of hydrogen-bond acceptors (Lipinski definition) is 7. The second kappa shape index (κ2) is 12.8. The largest absolute Gasteiger partial charge is 0.368 e. The molecule has 10 heteroatoms. The summed E-state index contributed by atoms with van der Waals surface area (Å²) in [6, 6.07) is 8.60. The Hall–Kier alpha value is -3.16. The molecule has 0 spiro atoms. The standard InChI is InChI=1S/C29H34FN5O2S2/c1-4-6-12-34-26(33-16-14-32(15-17-33)22-10-8-21(30)9-11-22)23(20(3)24(19-31)27(34)36)18-25-28(37)35(13-7-5-2)29(38)39-25/h8-11,18H,4-7,12-17H2,1-3H3. The number of aromatic nitrogens is 1. The van der Waals surface area contributed by atoms with Gasteiger partial charge in [0.05, 0.1) is 4.91 Å². The molecular formula is C29H34FN5O2S2. The van der Waals surface area contributed by atoms with Gasteiger partial charge in [-0.3, -0.25) is 19.1 Å². The van der Waals surface area contributed by atoms with Crippen molar-refractivity contribution in [2.24, 2.45) is 0 Å². The molecule has 0 saturated carbocycles. The van der Waals surface area contributed by atoms with Crippen molar-refractivity contribution in [3.05, 3.63) is 62.0 Å². The molecule has 2 aliphatic heterocycles. The van der Waals surface area contributed by atoms with Crippen molar-refractivity contribution in [3.63, 3.8) is 0 Å². The van der Waals surface area contributed by atoms with Gasteiger partial charge < -0.3 is 9.80 Å². The first-order valence-electron chi connectivity index (χ1n) is 13.5. The van der Waals surface area contributed by atoms with E-state index in [2.05, 4.69) is 29.7 Å². The Kier molecular flexibility index (Phi) is 9.46. The zero-order valence-corrected chi connectivity index (χ0v) is 24.3. The van der Waals surface area contributed by atoms with Gasteiger partial charge in [-0.1, -0.05) is 50.7 Å². The molecule has 1 aromatic carbocycles. The average Bonchev–Trinajstić information content (AvgIpc) is 3.20. The number of carbonyl (C=O) groups excluding carboxylic acids is 1. The minimum atomic E-state index is -0.299. The molecule has 7 nitrogen and oxygen atoms in total. The maximum atomic E-state index is 13.5. The van der Waals surface area contributed by atoms with Crippen molar-refractivity contribution in [1.82, 2.24) is 9.47 Å². The molecule has 206 valence electrons. The van der Waals surface area contributed by atoms with E-state index in [1.54, 1.807) is 28.5 Å². The molecule has 4 rings (SSSR count). The summed E-state index contributed by atoms with van der Waals surface area (Å²) in [6.45, 7) is 9.61. The first kappa shape index (κ1) is 28.8. The highest BCUT2D eigenvalue weighted by molar-refractivity contribution is 8.26. The number of carbonyl (C=O) groups is 1. The molecule has 1 amide bonds. The van der Waals surface area contributed by atoms with Gasteiger partial charge in [0.2, 0.25) is 0 Å². The lowest BCUT2D eigenvalue weighted by molar-refractivity contribution is -0.122. The van der Waals surface area contributed by atoms with Gasteiger partial charge in [-0.25, -0.2) is 4.39 Å². The van der Waals surface area contributed by atoms with Crippen LogP contribution in [0.1, 0.15) is 56.2 Å². The number of thioether (sulfide) groups is 1. The molecule has 2 aromatic rings. The number of rotatable bonds is 9. The van der Waals surface area contributed by atoms with E-state index in [1.165, 1.54) is 23.9 Å². The van der Waals surface area contributed by atoms with Gasteiger partial charge in [-0.2, -0.15) is 5.26 Å². The Labute approximate surface area is 238 Å². The van der Waals surface area contributed by atoms with Crippen LogP contribution in [0.3, 0.4) is 0 Å². The zero-order valence-electron chi connectivity index (χ0n) is 22.7. The van der Waals surface area contributed by atoms with Gasteiger partial charge in [0.25, 0.3) is 11.5 Å². The summed E-state index contributed by atoms with van der Waals surface area (Å²) in [4.78, 5) is 33.3. The van der Waals surface area contributed by atoms with Crippen LogP contribution in [-0.2, 0) is 11.3 Å². The molecule has 0 aliphatic carbocycles. The first-order valence-corrected chi connectivity index (χ1v) is 14.7. The van der Waals surface area contributed by atoms with E-state index in [0.29, 0.717) is 59.6 Å². The highest BCUT2D eigenvalue weighted by atomic mass is 32.2. The lowest BCUT2D eigenvalue weighted by Gasteiger charge is -2.39. The maximum Gasteiger partial charge on any atom is 0.270 e. The summed E-state index contributed by atoms with van der Waals surface area (Å²) < 4.78 is 15.7. The third-order valence-corrected chi connectivity index (χ3v) is 8.61. The van der Waals surface area contributed by atoms with Crippen molar-refractivity contribution >= 4 is 51.8 Å². The highest BCUT2D eigenvalue weighted by Crippen LogP contribution is 2.36. The number of pyridine rings is 1. The number of amides is 1. The number of unbranched alkanes of at least 4 members (excludes halogenated alkanes) is 2. The second-order valence-corrected chi connectivity index (χ2v) is 11.5. The zero-order chi connectivity index (χ0) is 28.1. The van der Waals surface area contributed by atoms with Crippen molar-refractivity contribution in [2.75, 3.05) is 42.5 Å². The van der Waals surface area contributed by atoms with E-state index in [-0.39, 0.29) is 22.8 Å². The number of nitrogens with zero attached hydrogens (tertiary/aromatic N) is 5. The number of piperazine rings is 1. The monoisotopic (exact) mass is 567 g/mol. The Balaban J connectivity index is 1.77. The molecule has 0 unspecified atom stereocenters. The van der Waals surface area contributed by atoms with E-state index in [0.717, 1.165) is 37.2 Å². The number of nitriles is 1. The van der Waals surface area contributed by atoms with Gasteiger partial charge in [0.1, 0.15) is 27.6 Å². The SMILES string of the molecule is CCCCN1C(=O)C(=Cc2c(C)c(C#N)c(=O)n(CCCC)c2N2CCN(c3ccc(F)cc3)CC2)SC1=S. The van der Waals surface area contributed by atoms with E-state index < -0.39 is 0 Å². The minimum absolute atomic E-state index is 0.104. The summed E-state index contributed by atoms with van der Waals surface area (Å²) >= 11 is 6.79. The Morgan fingerprint density at radius 2 is 1.64 bits per heavy atom. The molecule has 2 fully saturated rings. The van der Waals surface area contributed by atoms with Crippen LogP contribution in [0.4, 0.5) is 15.9 Å². The van der Waals surface area contributed by atoms with Crippen molar-refractivity contribution in [1.29, 1.82) is 5.26 Å². The van der Waals surface area contributed by atoms with Crippen LogP contribution in [0.25, 0.3) is 6.08 Å². The molecule has 0 N–H and O–H groups in total. The van der Waals surface area contributed by atoms with Crippen molar-refractivity contribution < 1.29 is 9.18 Å². The van der Waals surface area contributed by atoms with Gasteiger partial charge >= 0.3 is 0 Å². The predicted molar refractivity (Wildman–Crippen MR) is 161 cm³/mol. The lowest BCUT2D eigenvalue weighted by Crippen LogP contribution is -2.48. The minimum Gasteiger partial charge on any atom is -0.368 e. The van der Waals surface area contributed by atoms with Gasteiger partial charge in [0, 0.05) is 50.5 Å². The average molecular weight is 568 g/mol. The fourth-order valence-electron chi connectivity index (χ4n) is 4.98. The fourth-order valence-corrected chi connectivity index (χ4v) is 6.27. The number of anilines is 2. The van der Waals surface area contributed by atoms with Crippen LogP contribution in [-0.4, -0.2) is 52.4 Å². The van der Waals surface area contributed by atoms with E-state index in [4.69, 9.17) is 12.2 Å². The fraction of sp³-hybridized carbons (Fsp3) is 0.448. The Bertz CT molecular complexity index is 1370. The quantitative estimate of drug-likeness (QED) is 0.301. The Morgan fingerprint density at radius 3 is 2.26 bits per heavy atom. The maximum absolute atomic E-state index is 13.5. The molecule has 39 heavy (non-hydrogen) atoms. The normalized spacial score (nSPS) is 16.9. The molecule has 2 saturated heterocycles. The molecule has 1 aromatic heterocycles. The van der Waals surface area contributed by atoms with Crippen LogP contribution in [0.15, 0.2) is 34.0 Å². The van der Waals surface area contributed by atoms with Gasteiger partial charge in [0.15, 0.2) is 0 Å². The summed E-state index contributed by atoms with van der Waals surface area (Å²) in [7, 11) is 0. The molecule has 0 bridgehead atoms. The number of benzene rings is 1. The van der Waals surface area contributed by atoms with Crippen molar-refractivity contribution in [3.8, 4) is 6.07 Å². The molecular weight excluding hydrogens is 533 g/mol. The third-order valence-electron chi connectivity index (χ3n) is 7.24. The highest BCUT2D eigenvalue weighted by Gasteiger charge is 2.33.